The molecule has 2 aromatic rings. The molecular weight excluding hydrogens is 476 g/mol. The van der Waals surface area contributed by atoms with Crippen LogP contribution in [0.25, 0.3) is 0 Å². The number of aromatic nitrogens is 1. The molecule has 0 amide bonds. The molecule has 1 aromatic heterocycles. The largest absolute Gasteiger partial charge is 0.493 e. The Morgan fingerprint density at radius 3 is 2.31 bits per heavy atom. The number of nitrogens with zero attached hydrogens (tertiary/aromatic N) is 2. The molecule has 0 unspecified atom stereocenters. The molecule has 1 fully saturated rings. The van der Waals surface area contributed by atoms with E-state index in [1.165, 1.54) is 0 Å². The van der Waals surface area contributed by atoms with Crippen LogP contribution in [-0.4, -0.2) is 75.1 Å². The van der Waals surface area contributed by atoms with Gasteiger partial charge in [0, 0.05) is 23.2 Å². The third-order valence-corrected chi connectivity index (χ3v) is 5.88. The van der Waals surface area contributed by atoms with Gasteiger partial charge in [-0.05, 0) is 49.9 Å². The van der Waals surface area contributed by atoms with E-state index in [2.05, 4.69) is 11.1 Å². The number of hydrogen-bond acceptors (Lipinski definition) is 9. The van der Waals surface area contributed by atoms with Gasteiger partial charge in [0.05, 0.1) is 52.0 Å². The molecule has 1 aliphatic heterocycles. The smallest absolute Gasteiger partial charge is 0.261 e. The number of rotatable bonds is 6. The summed E-state index contributed by atoms with van der Waals surface area (Å²) in [5.74, 6) is 2.50. The van der Waals surface area contributed by atoms with Crippen molar-refractivity contribution in [1.82, 2.24) is 4.98 Å². The zero-order valence-corrected chi connectivity index (χ0v) is 21.3. The van der Waals surface area contributed by atoms with E-state index in [1.54, 1.807) is 27.5 Å². The average Bonchev–Trinajstić information content (AvgIpc) is 2.82. The number of hydrogen-bond donors (Lipinski definition) is 2. The normalized spacial score (nSPS) is 20.9. The second-order valence-corrected chi connectivity index (χ2v) is 9.78. The predicted octanol–water partition coefficient (Wildman–Crippen LogP) is 2.86. The number of pyridine rings is 1. The lowest BCUT2D eigenvalue weighted by Gasteiger charge is -2.37. The molecule has 1 aromatic carbocycles. The zero-order valence-electron chi connectivity index (χ0n) is 20.5. The van der Waals surface area contributed by atoms with Crippen LogP contribution in [0, 0.1) is 0 Å². The van der Waals surface area contributed by atoms with E-state index in [9.17, 15) is 13.5 Å². The van der Waals surface area contributed by atoms with Crippen LogP contribution >= 0.6 is 0 Å². The summed E-state index contributed by atoms with van der Waals surface area (Å²) in [5, 5.41) is 10.3. The van der Waals surface area contributed by atoms with Crippen LogP contribution in [0.1, 0.15) is 48.8 Å². The summed E-state index contributed by atoms with van der Waals surface area (Å²) in [5.41, 5.74) is 3.80. The van der Waals surface area contributed by atoms with Gasteiger partial charge in [0.25, 0.3) is 16.0 Å². The summed E-state index contributed by atoms with van der Waals surface area (Å²) in [6.07, 6.45) is 4.45. The minimum Gasteiger partial charge on any atom is -0.493 e. The van der Waals surface area contributed by atoms with Crippen LogP contribution in [0.5, 0.6) is 23.1 Å². The maximum Gasteiger partial charge on any atom is 0.261 e. The fraction of sp³-hybridized carbons (Fsp3) is 0.500. The van der Waals surface area contributed by atoms with Gasteiger partial charge < -0.3 is 24.1 Å². The van der Waals surface area contributed by atoms with E-state index in [4.69, 9.17) is 28.5 Å². The monoisotopic (exact) mass is 508 g/mol. The molecule has 35 heavy (non-hydrogen) atoms. The summed E-state index contributed by atoms with van der Waals surface area (Å²) in [7, 11) is 1.13. The summed E-state index contributed by atoms with van der Waals surface area (Å²) in [6, 6.07) is 6.03. The fourth-order valence-electron chi connectivity index (χ4n) is 4.46. The van der Waals surface area contributed by atoms with Gasteiger partial charge in [-0.2, -0.15) is 8.42 Å². The molecule has 192 valence electrons. The molecule has 11 heteroatoms. The lowest BCUT2D eigenvalue weighted by Crippen LogP contribution is -2.34. The topological polar surface area (TPSA) is 137 Å². The van der Waals surface area contributed by atoms with Crippen molar-refractivity contribution in [2.45, 2.75) is 44.2 Å². The van der Waals surface area contributed by atoms with Crippen molar-refractivity contribution in [1.29, 1.82) is 0 Å². The lowest BCUT2D eigenvalue weighted by atomic mass is 9.74. The van der Waals surface area contributed by atoms with E-state index >= 15 is 0 Å². The highest BCUT2D eigenvalue weighted by atomic mass is 32.2. The molecule has 2 aliphatic rings. The summed E-state index contributed by atoms with van der Waals surface area (Å²) >= 11 is 0. The van der Waals surface area contributed by atoms with Crippen LogP contribution in [0.2, 0.25) is 0 Å². The molecule has 0 saturated heterocycles. The molecule has 0 radical (unpaired) electrons. The number of aliphatic imine (C=N–C) groups is 1. The van der Waals surface area contributed by atoms with Crippen LogP contribution < -0.4 is 18.9 Å². The van der Waals surface area contributed by atoms with Crippen molar-refractivity contribution in [3.05, 3.63) is 41.1 Å². The SMILES string of the molecule is CCOc1cc2c(cc1OC)C(c1cnc(OC)c(OC)c1)=N[C@@H]1CC[C@@H](O)C[C@H]21.CS(=O)(=O)O. The van der Waals surface area contributed by atoms with E-state index in [0.29, 0.717) is 42.4 Å². The van der Waals surface area contributed by atoms with Gasteiger partial charge in [0.2, 0.25) is 0 Å². The summed E-state index contributed by atoms with van der Waals surface area (Å²) in [4.78, 5) is 9.50. The molecule has 1 saturated carbocycles. The minimum absolute atomic E-state index is 0.104. The number of fused-ring (bicyclic) bond motifs is 3. The Morgan fingerprint density at radius 1 is 1.03 bits per heavy atom. The van der Waals surface area contributed by atoms with E-state index in [-0.39, 0.29) is 18.1 Å². The van der Waals surface area contributed by atoms with Crippen molar-refractivity contribution in [3.8, 4) is 23.1 Å². The molecule has 3 atom stereocenters. The molecule has 2 N–H and O–H groups in total. The second-order valence-electron chi connectivity index (χ2n) is 8.31. The van der Waals surface area contributed by atoms with Crippen molar-refractivity contribution in [2.24, 2.45) is 4.99 Å². The van der Waals surface area contributed by atoms with E-state index in [1.807, 2.05) is 19.1 Å². The first-order chi connectivity index (χ1) is 16.6. The van der Waals surface area contributed by atoms with Crippen molar-refractivity contribution < 1.29 is 37.0 Å². The maximum atomic E-state index is 10.3. The van der Waals surface area contributed by atoms with Gasteiger partial charge in [-0.25, -0.2) is 4.98 Å². The quantitative estimate of drug-likeness (QED) is 0.564. The zero-order chi connectivity index (χ0) is 25.8. The Morgan fingerprint density at radius 2 is 1.71 bits per heavy atom. The predicted molar refractivity (Wildman–Crippen MR) is 131 cm³/mol. The average molecular weight is 509 g/mol. The number of ether oxygens (including phenoxy) is 4. The standard InChI is InChI=1S/C23H28N2O5.CH4O3S/c1-5-30-20-10-15-16-9-14(26)6-7-18(16)25-22(17(15)11-19(20)27-2)13-8-21(28-3)23(29-4)24-12-13;1-5(2,3)4/h8,10-12,14,16,18,26H,5-7,9H2,1-4H3;1H3,(H,2,3,4)/t14-,16-,18-;/m1./s1. The Kier molecular flexibility index (Phi) is 8.57. The third kappa shape index (κ3) is 6.41. The number of methoxy groups -OCH3 is 3. The highest BCUT2D eigenvalue weighted by Gasteiger charge is 2.37. The van der Waals surface area contributed by atoms with Gasteiger partial charge >= 0.3 is 0 Å². The van der Waals surface area contributed by atoms with Crippen LogP contribution in [0.15, 0.2) is 29.4 Å². The molecular formula is C24H32N2O8S. The van der Waals surface area contributed by atoms with Crippen LogP contribution in [0.3, 0.4) is 0 Å². The molecule has 1 aliphatic carbocycles. The Labute approximate surface area is 205 Å². The van der Waals surface area contributed by atoms with Gasteiger partial charge in [-0.15, -0.1) is 0 Å². The Hall–Kier alpha value is -2.89. The molecule has 0 spiro atoms. The first-order valence-electron chi connectivity index (χ1n) is 11.2. The number of benzene rings is 1. The molecule has 0 bridgehead atoms. The van der Waals surface area contributed by atoms with E-state index in [0.717, 1.165) is 35.2 Å². The highest BCUT2D eigenvalue weighted by Crippen LogP contribution is 2.45. The van der Waals surface area contributed by atoms with Gasteiger partial charge in [0.1, 0.15) is 0 Å². The van der Waals surface area contributed by atoms with Crippen molar-refractivity contribution >= 4 is 15.8 Å². The van der Waals surface area contributed by atoms with Gasteiger partial charge in [-0.3, -0.25) is 9.55 Å². The first-order valence-corrected chi connectivity index (χ1v) is 13.1. The number of aliphatic hydroxyl groups is 1. The van der Waals surface area contributed by atoms with E-state index < -0.39 is 10.1 Å². The van der Waals surface area contributed by atoms with Crippen LogP contribution in [0.4, 0.5) is 0 Å². The van der Waals surface area contributed by atoms with Crippen molar-refractivity contribution in [2.75, 3.05) is 34.2 Å². The number of aliphatic hydroxyl groups excluding tert-OH is 1. The maximum absolute atomic E-state index is 10.3. The summed E-state index contributed by atoms with van der Waals surface area (Å²) in [6.45, 7) is 2.50. The van der Waals surface area contributed by atoms with Crippen LogP contribution in [-0.2, 0) is 10.1 Å². The fourth-order valence-corrected chi connectivity index (χ4v) is 4.46. The van der Waals surface area contributed by atoms with Gasteiger partial charge in [-0.1, -0.05) is 0 Å². The van der Waals surface area contributed by atoms with Crippen molar-refractivity contribution in [3.63, 3.8) is 0 Å². The second kappa shape index (κ2) is 11.2. The molecule has 4 rings (SSSR count). The summed E-state index contributed by atoms with van der Waals surface area (Å²) < 4.78 is 48.0. The van der Waals surface area contributed by atoms with Gasteiger partial charge in [0.15, 0.2) is 17.2 Å². The Balaban J connectivity index is 0.000000623. The lowest BCUT2D eigenvalue weighted by molar-refractivity contribution is 0.111. The first kappa shape index (κ1) is 26.7. The molecule has 2 heterocycles. The molecule has 10 nitrogen and oxygen atoms in total. The third-order valence-electron chi connectivity index (χ3n) is 5.88. The minimum atomic E-state index is -3.67. The Bertz CT molecular complexity index is 1170. The highest BCUT2D eigenvalue weighted by molar-refractivity contribution is 7.85.